The molecule has 0 amide bonds. The third-order valence-corrected chi connectivity index (χ3v) is 4.17. The average Bonchev–Trinajstić information content (AvgIpc) is 3.07. The van der Waals surface area contributed by atoms with E-state index in [1.54, 1.807) is 0 Å². The summed E-state index contributed by atoms with van der Waals surface area (Å²) in [6.07, 6.45) is 3.19. The van der Waals surface area contributed by atoms with Crippen molar-refractivity contribution in [1.82, 2.24) is 4.90 Å². The first-order valence-corrected chi connectivity index (χ1v) is 7.74. The van der Waals surface area contributed by atoms with Crippen molar-refractivity contribution in [2.75, 3.05) is 19.6 Å². The van der Waals surface area contributed by atoms with Gasteiger partial charge in [0, 0.05) is 18.5 Å². The number of nitrogens with zero attached hydrogens (tertiary/aromatic N) is 1. The Morgan fingerprint density at radius 2 is 1.48 bits per heavy atom. The Balaban J connectivity index is 1.62. The summed E-state index contributed by atoms with van der Waals surface area (Å²) in [7, 11) is 0. The monoisotopic (exact) mass is 279 g/mol. The highest BCUT2D eigenvalue weighted by Gasteiger charge is 2.13. The third-order valence-electron chi connectivity index (χ3n) is 4.17. The van der Waals surface area contributed by atoms with Crippen molar-refractivity contribution in [2.45, 2.75) is 19.3 Å². The van der Waals surface area contributed by atoms with Crippen LogP contribution in [0.4, 0.5) is 0 Å². The molecule has 1 aliphatic heterocycles. The van der Waals surface area contributed by atoms with E-state index in [-0.39, 0.29) is 5.78 Å². The highest BCUT2D eigenvalue weighted by atomic mass is 16.1. The number of ketones is 1. The van der Waals surface area contributed by atoms with Crippen molar-refractivity contribution in [1.29, 1.82) is 0 Å². The lowest BCUT2D eigenvalue weighted by atomic mass is 10.0. The van der Waals surface area contributed by atoms with Crippen LogP contribution in [-0.4, -0.2) is 30.3 Å². The van der Waals surface area contributed by atoms with Crippen LogP contribution in [0.2, 0.25) is 0 Å². The summed E-state index contributed by atoms with van der Waals surface area (Å²) in [5, 5.41) is 0. The Hall–Kier alpha value is -1.93. The van der Waals surface area contributed by atoms with Crippen LogP contribution >= 0.6 is 0 Å². The summed E-state index contributed by atoms with van der Waals surface area (Å²) >= 11 is 0. The van der Waals surface area contributed by atoms with Crippen LogP contribution in [0, 0.1) is 0 Å². The molecule has 0 atom stereocenters. The van der Waals surface area contributed by atoms with Crippen molar-refractivity contribution in [3.8, 4) is 11.1 Å². The van der Waals surface area contributed by atoms with Crippen molar-refractivity contribution < 1.29 is 4.79 Å². The quantitative estimate of drug-likeness (QED) is 0.770. The van der Waals surface area contributed by atoms with Gasteiger partial charge in [0.05, 0.1) is 0 Å². The number of Topliss-reactive ketones (excluding diaryl/α,β-unsaturated/α-hetero) is 1. The molecule has 2 aromatic rings. The van der Waals surface area contributed by atoms with Crippen molar-refractivity contribution >= 4 is 5.78 Å². The fraction of sp³-hybridized carbons (Fsp3) is 0.316. The van der Waals surface area contributed by atoms with Gasteiger partial charge in [-0.05, 0) is 37.1 Å². The van der Waals surface area contributed by atoms with E-state index in [1.807, 2.05) is 42.5 Å². The van der Waals surface area contributed by atoms with Gasteiger partial charge >= 0.3 is 0 Å². The minimum Gasteiger partial charge on any atom is -0.303 e. The molecule has 108 valence electrons. The summed E-state index contributed by atoms with van der Waals surface area (Å²) in [6.45, 7) is 3.21. The number of carbonyl (C=O) groups excluding carboxylic acids is 1. The minimum atomic E-state index is 0.251. The molecule has 2 nitrogen and oxygen atoms in total. The standard InChI is InChI=1S/C19H21NO/c21-19(12-15-20-13-4-5-14-20)18-10-8-17(9-11-18)16-6-2-1-3-7-16/h1-3,6-11H,4-5,12-15H2. The van der Waals surface area contributed by atoms with Crippen LogP contribution in [0.3, 0.4) is 0 Å². The van der Waals surface area contributed by atoms with E-state index in [0.717, 1.165) is 30.8 Å². The molecule has 0 aromatic heterocycles. The molecule has 1 saturated heterocycles. The molecule has 2 aromatic carbocycles. The summed E-state index contributed by atoms with van der Waals surface area (Å²) in [5.41, 5.74) is 3.18. The molecule has 21 heavy (non-hydrogen) atoms. The first-order chi connectivity index (χ1) is 10.3. The van der Waals surface area contributed by atoms with Crippen LogP contribution in [0.25, 0.3) is 11.1 Å². The normalized spacial score (nSPS) is 15.2. The molecule has 0 aliphatic carbocycles. The maximum Gasteiger partial charge on any atom is 0.164 e. The zero-order valence-electron chi connectivity index (χ0n) is 12.3. The Morgan fingerprint density at radius 1 is 0.857 bits per heavy atom. The van der Waals surface area contributed by atoms with E-state index in [1.165, 1.54) is 18.4 Å². The van der Waals surface area contributed by atoms with E-state index in [2.05, 4.69) is 17.0 Å². The number of rotatable bonds is 5. The second kappa shape index (κ2) is 6.68. The highest BCUT2D eigenvalue weighted by Crippen LogP contribution is 2.20. The summed E-state index contributed by atoms with van der Waals surface area (Å²) in [4.78, 5) is 14.6. The van der Waals surface area contributed by atoms with E-state index >= 15 is 0 Å². The third kappa shape index (κ3) is 3.59. The van der Waals surface area contributed by atoms with Crippen LogP contribution < -0.4 is 0 Å². The Morgan fingerprint density at radius 3 is 2.14 bits per heavy atom. The maximum atomic E-state index is 12.2. The molecule has 0 bridgehead atoms. The van der Waals surface area contributed by atoms with Gasteiger partial charge in [0.15, 0.2) is 5.78 Å². The first kappa shape index (κ1) is 14.0. The second-order valence-corrected chi connectivity index (χ2v) is 5.67. The summed E-state index contributed by atoms with van der Waals surface area (Å²) in [5.74, 6) is 0.251. The summed E-state index contributed by atoms with van der Waals surface area (Å²) in [6, 6.07) is 18.2. The first-order valence-electron chi connectivity index (χ1n) is 7.74. The van der Waals surface area contributed by atoms with Gasteiger partial charge < -0.3 is 4.90 Å². The van der Waals surface area contributed by atoms with E-state index in [4.69, 9.17) is 0 Å². The molecule has 1 heterocycles. The van der Waals surface area contributed by atoms with Gasteiger partial charge in [-0.1, -0.05) is 54.6 Å². The lowest BCUT2D eigenvalue weighted by molar-refractivity contribution is 0.0969. The SMILES string of the molecule is O=C(CCN1CCCC1)c1ccc(-c2ccccc2)cc1. The lowest BCUT2D eigenvalue weighted by Crippen LogP contribution is -2.22. The molecule has 3 rings (SSSR count). The van der Waals surface area contributed by atoms with Crippen molar-refractivity contribution in [3.05, 3.63) is 60.2 Å². The van der Waals surface area contributed by atoms with Gasteiger partial charge in [0.2, 0.25) is 0 Å². The van der Waals surface area contributed by atoms with Gasteiger partial charge in [-0.15, -0.1) is 0 Å². The van der Waals surface area contributed by atoms with E-state index < -0.39 is 0 Å². The number of benzene rings is 2. The zero-order valence-corrected chi connectivity index (χ0v) is 12.3. The van der Waals surface area contributed by atoms with Gasteiger partial charge in [-0.2, -0.15) is 0 Å². The van der Waals surface area contributed by atoms with Crippen molar-refractivity contribution in [2.24, 2.45) is 0 Å². The van der Waals surface area contributed by atoms with Gasteiger partial charge in [-0.3, -0.25) is 4.79 Å². The molecule has 0 saturated carbocycles. The molecule has 1 aliphatic rings. The Bertz CT molecular complexity index is 583. The largest absolute Gasteiger partial charge is 0.303 e. The molecule has 0 unspecified atom stereocenters. The van der Waals surface area contributed by atoms with Crippen molar-refractivity contribution in [3.63, 3.8) is 0 Å². The van der Waals surface area contributed by atoms with E-state index in [0.29, 0.717) is 6.42 Å². The summed E-state index contributed by atoms with van der Waals surface area (Å²) < 4.78 is 0. The molecular formula is C19H21NO. The molecule has 0 spiro atoms. The number of hydrogen-bond donors (Lipinski definition) is 0. The molecule has 0 N–H and O–H groups in total. The highest BCUT2D eigenvalue weighted by molar-refractivity contribution is 5.96. The van der Waals surface area contributed by atoms with Gasteiger partial charge in [-0.25, -0.2) is 0 Å². The fourth-order valence-corrected chi connectivity index (χ4v) is 2.89. The maximum absolute atomic E-state index is 12.2. The van der Waals surface area contributed by atoms with Crippen LogP contribution in [0.15, 0.2) is 54.6 Å². The van der Waals surface area contributed by atoms with Gasteiger partial charge in [0.1, 0.15) is 0 Å². The van der Waals surface area contributed by atoms with Crippen LogP contribution in [0.5, 0.6) is 0 Å². The Labute approximate surface area is 126 Å². The Kier molecular flexibility index (Phi) is 4.46. The fourth-order valence-electron chi connectivity index (χ4n) is 2.89. The second-order valence-electron chi connectivity index (χ2n) is 5.67. The number of hydrogen-bond acceptors (Lipinski definition) is 2. The van der Waals surface area contributed by atoms with Crippen LogP contribution in [-0.2, 0) is 0 Å². The lowest BCUT2D eigenvalue weighted by Gasteiger charge is -2.13. The van der Waals surface area contributed by atoms with Crippen LogP contribution in [0.1, 0.15) is 29.6 Å². The predicted octanol–water partition coefficient (Wildman–Crippen LogP) is 4.02. The molecule has 1 fully saturated rings. The average molecular weight is 279 g/mol. The molecule has 0 radical (unpaired) electrons. The zero-order chi connectivity index (χ0) is 14.5. The number of carbonyl (C=O) groups is 1. The van der Waals surface area contributed by atoms with Gasteiger partial charge in [0.25, 0.3) is 0 Å². The predicted molar refractivity (Wildman–Crippen MR) is 86.5 cm³/mol. The molecule has 2 heteroatoms. The number of likely N-dealkylation sites (tertiary alicyclic amines) is 1. The smallest absolute Gasteiger partial charge is 0.164 e. The van der Waals surface area contributed by atoms with E-state index in [9.17, 15) is 4.79 Å². The molecular weight excluding hydrogens is 258 g/mol. The topological polar surface area (TPSA) is 20.3 Å². The minimum absolute atomic E-state index is 0.251.